The van der Waals surface area contributed by atoms with Gasteiger partial charge in [0.1, 0.15) is 17.3 Å². The molecule has 6 nitrogen and oxygen atoms in total. The Balaban J connectivity index is 1.95. The van der Waals surface area contributed by atoms with Gasteiger partial charge in [-0.15, -0.1) is 11.8 Å². The molecule has 0 atom stereocenters. The molecule has 0 aliphatic rings. The van der Waals surface area contributed by atoms with E-state index in [-0.39, 0.29) is 23.4 Å². The standard InChI is InChI=1S/C23H21F2NO5S/c1-14(2)30-21-12-22(31-20-9-6-16(24)10-19(20)26(27)28)23(11-18(21)25)32-13-15-4-7-17(29-3)8-5-15/h4-12,14H,13H2,1-3H3. The minimum absolute atomic E-state index is 0.0476. The molecule has 0 spiro atoms. The highest BCUT2D eigenvalue weighted by Gasteiger charge is 2.21. The molecule has 0 saturated heterocycles. The minimum Gasteiger partial charge on any atom is -0.497 e. The molecule has 3 aromatic rings. The number of methoxy groups -OCH3 is 1. The van der Waals surface area contributed by atoms with Crippen molar-refractivity contribution in [2.75, 3.05) is 7.11 Å². The van der Waals surface area contributed by atoms with E-state index in [1.54, 1.807) is 21.0 Å². The summed E-state index contributed by atoms with van der Waals surface area (Å²) in [5.41, 5.74) is 0.421. The van der Waals surface area contributed by atoms with Crippen LogP contribution < -0.4 is 14.2 Å². The average Bonchev–Trinajstić information content (AvgIpc) is 2.75. The van der Waals surface area contributed by atoms with Gasteiger partial charge in [-0.05, 0) is 49.7 Å². The van der Waals surface area contributed by atoms with E-state index >= 15 is 0 Å². The van der Waals surface area contributed by atoms with Gasteiger partial charge in [0.15, 0.2) is 11.6 Å². The molecule has 0 aromatic heterocycles. The Kier molecular flexibility index (Phi) is 7.53. The molecule has 0 aliphatic carbocycles. The van der Waals surface area contributed by atoms with Crippen molar-refractivity contribution in [2.24, 2.45) is 0 Å². The summed E-state index contributed by atoms with van der Waals surface area (Å²) in [5, 5.41) is 11.3. The third-order valence-corrected chi connectivity index (χ3v) is 5.36. The van der Waals surface area contributed by atoms with Gasteiger partial charge in [-0.25, -0.2) is 8.78 Å². The van der Waals surface area contributed by atoms with Crippen LogP contribution in [0.4, 0.5) is 14.5 Å². The average molecular weight is 461 g/mol. The third-order valence-electron chi connectivity index (χ3n) is 4.25. The first-order valence-corrected chi connectivity index (χ1v) is 10.6. The molecule has 0 bridgehead atoms. The van der Waals surface area contributed by atoms with Crippen molar-refractivity contribution in [3.05, 3.63) is 81.9 Å². The lowest BCUT2D eigenvalue weighted by Crippen LogP contribution is -2.07. The summed E-state index contributed by atoms with van der Waals surface area (Å²) in [6.45, 7) is 3.49. The minimum atomic E-state index is -0.763. The summed E-state index contributed by atoms with van der Waals surface area (Å²) in [6, 6.07) is 13.0. The van der Waals surface area contributed by atoms with E-state index in [2.05, 4.69) is 0 Å². The van der Waals surface area contributed by atoms with E-state index in [1.807, 2.05) is 24.3 Å². The molecule has 3 aromatic carbocycles. The van der Waals surface area contributed by atoms with Crippen LogP contribution in [-0.4, -0.2) is 18.1 Å². The molecule has 168 valence electrons. The molecule has 0 heterocycles. The summed E-state index contributed by atoms with van der Waals surface area (Å²) >= 11 is 1.29. The van der Waals surface area contributed by atoms with Crippen molar-refractivity contribution in [3.63, 3.8) is 0 Å². The number of hydrogen-bond donors (Lipinski definition) is 0. The number of nitro groups is 1. The Morgan fingerprint density at radius 1 is 1.00 bits per heavy atom. The van der Waals surface area contributed by atoms with Gasteiger partial charge in [-0.1, -0.05) is 12.1 Å². The topological polar surface area (TPSA) is 70.8 Å². The van der Waals surface area contributed by atoms with Gasteiger partial charge < -0.3 is 14.2 Å². The number of nitro benzene ring substituents is 1. The Labute approximate surface area is 188 Å². The highest BCUT2D eigenvalue weighted by molar-refractivity contribution is 7.98. The van der Waals surface area contributed by atoms with E-state index < -0.39 is 22.2 Å². The molecule has 0 aliphatic heterocycles. The first-order chi connectivity index (χ1) is 15.3. The van der Waals surface area contributed by atoms with E-state index in [4.69, 9.17) is 14.2 Å². The monoisotopic (exact) mass is 461 g/mol. The van der Waals surface area contributed by atoms with Gasteiger partial charge in [0.2, 0.25) is 5.75 Å². The van der Waals surface area contributed by atoms with Crippen LogP contribution in [0.25, 0.3) is 0 Å². The van der Waals surface area contributed by atoms with Gasteiger partial charge in [0.25, 0.3) is 0 Å². The lowest BCUT2D eigenvalue weighted by atomic mass is 10.2. The Hall–Kier alpha value is -3.33. The molecule has 32 heavy (non-hydrogen) atoms. The van der Waals surface area contributed by atoms with Gasteiger partial charge in [0.05, 0.1) is 29.1 Å². The quantitative estimate of drug-likeness (QED) is 0.199. The smallest absolute Gasteiger partial charge is 0.314 e. The molecule has 0 unspecified atom stereocenters. The SMILES string of the molecule is COc1ccc(CSc2cc(F)c(OC(C)C)cc2Oc2ccc(F)cc2[N+](=O)[O-])cc1. The van der Waals surface area contributed by atoms with Crippen LogP contribution in [-0.2, 0) is 5.75 Å². The van der Waals surface area contributed by atoms with E-state index in [1.165, 1.54) is 23.9 Å². The van der Waals surface area contributed by atoms with Crippen LogP contribution in [0.2, 0.25) is 0 Å². The van der Waals surface area contributed by atoms with Crippen molar-refractivity contribution >= 4 is 17.4 Å². The predicted octanol–water partition coefficient (Wildman–Crippen LogP) is 6.75. The van der Waals surface area contributed by atoms with Crippen LogP contribution in [0.1, 0.15) is 19.4 Å². The summed E-state index contributed by atoms with van der Waals surface area (Å²) in [6.07, 6.45) is -0.296. The molecule has 9 heteroatoms. The zero-order valence-electron chi connectivity index (χ0n) is 17.6. The van der Waals surface area contributed by atoms with Crippen LogP contribution in [0.3, 0.4) is 0 Å². The molecule has 3 rings (SSSR count). The highest BCUT2D eigenvalue weighted by atomic mass is 32.2. The molecule has 0 N–H and O–H groups in total. The number of halogens is 2. The fraction of sp³-hybridized carbons (Fsp3) is 0.217. The lowest BCUT2D eigenvalue weighted by molar-refractivity contribution is -0.385. The Bertz CT molecular complexity index is 1110. The second kappa shape index (κ2) is 10.3. The maximum Gasteiger partial charge on any atom is 0.314 e. The summed E-state index contributed by atoms with van der Waals surface area (Å²) < 4.78 is 44.6. The lowest BCUT2D eigenvalue weighted by Gasteiger charge is -2.16. The summed E-state index contributed by atoms with van der Waals surface area (Å²) in [7, 11) is 1.57. The van der Waals surface area contributed by atoms with Gasteiger partial charge in [0, 0.05) is 11.8 Å². The Morgan fingerprint density at radius 2 is 1.72 bits per heavy atom. The largest absolute Gasteiger partial charge is 0.497 e. The van der Waals surface area contributed by atoms with E-state index in [0.29, 0.717) is 16.4 Å². The first kappa shape index (κ1) is 23.3. The highest BCUT2D eigenvalue weighted by Crippen LogP contribution is 2.41. The molecular weight excluding hydrogens is 440 g/mol. The maximum atomic E-state index is 14.6. The normalized spacial score (nSPS) is 10.8. The summed E-state index contributed by atoms with van der Waals surface area (Å²) in [5.74, 6) is -0.199. The van der Waals surface area contributed by atoms with Gasteiger partial charge >= 0.3 is 5.69 Å². The number of rotatable bonds is 9. The zero-order chi connectivity index (χ0) is 23.3. The zero-order valence-corrected chi connectivity index (χ0v) is 18.4. The fourth-order valence-electron chi connectivity index (χ4n) is 2.77. The van der Waals surface area contributed by atoms with Crippen LogP contribution in [0, 0.1) is 21.7 Å². The third kappa shape index (κ3) is 5.88. The van der Waals surface area contributed by atoms with Crippen molar-refractivity contribution in [1.29, 1.82) is 0 Å². The number of hydrogen-bond acceptors (Lipinski definition) is 6. The maximum absolute atomic E-state index is 14.6. The van der Waals surface area contributed by atoms with Crippen molar-refractivity contribution in [3.8, 4) is 23.0 Å². The number of ether oxygens (including phenoxy) is 3. The number of thioether (sulfide) groups is 1. The molecular formula is C23H21F2NO5S. The van der Waals surface area contributed by atoms with E-state index in [9.17, 15) is 18.9 Å². The second-order valence-corrected chi connectivity index (χ2v) is 8.02. The molecule has 0 fully saturated rings. The van der Waals surface area contributed by atoms with Crippen molar-refractivity contribution < 1.29 is 27.9 Å². The van der Waals surface area contributed by atoms with Crippen LogP contribution >= 0.6 is 11.8 Å². The molecule has 0 saturated carbocycles. The van der Waals surface area contributed by atoms with Crippen LogP contribution in [0.15, 0.2) is 59.5 Å². The number of benzene rings is 3. The number of nitrogens with zero attached hydrogens (tertiary/aromatic N) is 1. The predicted molar refractivity (Wildman–Crippen MR) is 118 cm³/mol. The summed E-state index contributed by atoms with van der Waals surface area (Å²) in [4.78, 5) is 11.0. The Morgan fingerprint density at radius 3 is 2.34 bits per heavy atom. The molecule has 0 radical (unpaired) electrons. The van der Waals surface area contributed by atoms with Crippen molar-refractivity contribution in [2.45, 2.75) is 30.6 Å². The molecule has 0 amide bonds. The first-order valence-electron chi connectivity index (χ1n) is 9.64. The fourth-order valence-corrected chi connectivity index (χ4v) is 3.72. The van der Waals surface area contributed by atoms with E-state index in [0.717, 1.165) is 23.8 Å². The van der Waals surface area contributed by atoms with Gasteiger partial charge in [-0.3, -0.25) is 10.1 Å². The van der Waals surface area contributed by atoms with Crippen molar-refractivity contribution in [1.82, 2.24) is 0 Å². The second-order valence-electron chi connectivity index (χ2n) is 7.00. The van der Waals surface area contributed by atoms with Gasteiger partial charge in [-0.2, -0.15) is 0 Å². The van der Waals surface area contributed by atoms with Crippen LogP contribution in [0.5, 0.6) is 23.0 Å².